The number of halogens is 4. The molecular formula is C14H6BrCl3N2S. The second kappa shape index (κ2) is 6.23. The first-order valence-electron chi connectivity index (χ1n) is 5.79. The van der Waals surface area contributed by atoms with Crippen LogP contribution in [0.5, 0.6) is 0 Å². The van der Waals surface area contributed by atoms with Gasteiger partial charge in [-0.1, -0.05) is 53.0 Å². The number of thiophene rings is 1. The Morgan fingerprint density at radius 2 is 1.62 bits per heavy atom. The molecule has 0 saturated carbocycles. The van der Waals surface area contributed by atoms with E-state index in [4.69, 9.17) is 34.8 Å². The number of rotatable bonds is 2. The fourth-order valence-corrected chi connectivity index (χ4v) is 4.15. The molecule has 0 N–H and O–H groups in total. The van der Waals surface area contributed by atoms with Gasteiger partial charge >= 0.3 is 0 Å². The molecule has 2 heterocycles. The molecule has 1 aromatic carbocycles. The van der Waals surface area contributed by atoms with E-state index in [-0.39, 0.29) is 10.3 Å². The van der Waals surface area contributed by atoms with E-state index in [1.807, 2.05) is 29.6 Å². The Balaban J connectivity index is 2.18. The molecule has 0 atom stereocenters. The number of hydrogen-bond donors (Lipinski definition) is 0. The molecule has 0 spiro atoms. The molecule has 106 valence electrons. The van der Waals surface area contributed by atoms with Crippen molar-refractivity contribution in [3.63, 3.8) is 0 Å². The molecule has 3 aromatic rings. The van der Waals surface area contributed by atoms with Crippen molar-refractivity contribution in [1.29, 1.82) is 0 Å². The highest BCUT2D eigenvalue weighted by Gasteiger charge is 2.18. The zero-order valence-electron chi connectivity index (χ0n) is 10.3. The summed E-state index contributed by atoms with van der Waals surface area (Å²) in [6.45, 7) is 0. The monoisotopic (exact) mass is 418 g/mol. The lowest BCUT2D eigenvalue weighted by Crippen LogP contribution is -1.94. The summed E-state index contributed by atoms with van der Waals surface area (Å²) in [5, 5.41) is 3.04. The van der Waals surface area contributed by atoms with Crippen LogP contribution in [0.4, 0.5) is 0 Å². The largest absolute Gasteiger partial charge is 0.215 e. The molecule has 2 aromatic heterocycles. The molecule has 0 radical (unpaired) electrons. The van der Waals surface area contributed by atoms with Gasteiger partial charge in [0.05, 0.1) is 10.4 Å². The van der Waals surface area contributed by atoms with Crippen molar-refractivity contribution in [2.45, 2.75) is 0 Å². The topological polar surface area (TPSA) is 25.8 Å². The summed E-state index contributed by atoms with van der Waals surface area (Å²) in [5.41, 5.74) is 1.26. The Hall–Kier alpha value is -0.650. The van der Waals surface area contributed by atoms with Crippen molar-refractivity contribution in [3.05, 3.63) is 55.5 Å². The molecule has 0 aliphatic heterocycles. The summed E-state index contributed by atoms with van der Waals surface area (Å²) < 4.78 is 0.908. The van der Waals surface area contributed by atoms with Gasteiger partial charge in [0.15, 0.2) is 5.82 Å². The molecule has 3 rings (SSSR count). The maximum Gasteiger partial charge on any atom is 0.173 e. The van der Waals surface area contributed by atoms with E-state index < -0.39 is 0 Å². The fraction of sp³-hybridized carbons (Fsp3) is 0. The summed E-state index contributed by atoms with van der Waals surface area (Å²) in [6, 6.07) is 9.23. The summed E-state index contributed by atoms with van der Waals surface area (Å²) in [7, 11) is 0. The number of aromatic nitrogens is 2. The van der Waals surface area contributed by atoms with Gasteiger partial charge in [-0.2, -0.15) is 0 Å². The van der Waals surface area contributed by atoms with E-state index in [2.05, 4.69) is 25.9 Å². The van der Waals surface area contributed by atoms with Crippen LogP contribution in [-0.4, -0.2) is 9.97 Å². The molecule has 0 unspecified atom stereocenters. The van der Waals surface area contributed by atoms with Crippen LogP contribution in [0, 0.1) is 0 Å². The maximum atomic E-state index is 6.31. The normalized spacial score (nSPS) is 10.9. The lowest BCUT2D eigenvalue weighted by molar-refractivity contribution is 1.19. The average Bonchev–Trinajstić information content (AvgIpc) is 2.86. The van der Waals surface area contributed by atoms with Crippen molar-refractivity contribution in [1.82, 2.24) is 9.97 Å². The third-order valence-electron chi connectivity index (χ3n) is 2.78. The van der Waals surface area contributed by atoms with Crippen LogP contribution >= 0.6 is 62.1 Å². The Labute approximate surface area is 148 Å². The average molecular weight is 421 g/mol. The first kappa shape index (κ1) is 15.3. The van der Waals surface area contributed by atoms with Gasteiger partial charge in [0.1, 0.15) is 10.3 Å². The number of benzene rings is 1. The van der Waals surface area contributed by atoms with Crippen molar-refractivity contribution in [2.75, 3.05) is 0 Å². The van der Waals surface area contributed by atoms with Crippen LogP contribution in [0.15, 0.2) is 40.2 Å². The maximum absolute atomic E-state index is 6.31. The molecule has 0 aliphatic rings. The third-order valence-corrected chi connectivity index (χ3v) is 5.49. The first-order valence-corrected chi connectivity index (χ1v) is 8.60. The van der Waals surface area contributed by atoms with Crippen LogP contribution in [-0.2, 0) is 0 Å². The van der Waals surface area contributed by atoms with Crippen molar-refractivity contribution in [3.8, 4) is 21.8 Å². The second-order valence-corrected chi connectivity index (χ2v) is 6.98. The van der Waals surface area contributed by atoms with E-state index in [1.165, 1.54) is 11.3 Å². The summed E-state index contributed by atoms with van der Waals surface area (Å²) in [5.74, 6) is 0.489. The zero-order valence-corrected chi connectivity index (χ0v) is 14.9. The van der Waals surface area contributed by atoms with Crippen LogP contribution in [0.2, 0.25) is 15.3 Å². The minimum atomic E-state index is 0.276. The highest BCUT2D eigenvalue weighted by molar-refractivity contribution is 9.10. The third kappa shape index (κ3) is 2.96. The number of hydrogen-bond acceptors (Lipinski definition) is 3. The molecule has 2 nitrogen and oxygen atoms in total. The molecule has 0 saturated heterocycles. The van der Waals surface area contributed by atoms with Gasteiger partial charge in [-0.15, -0.1) is 11.3 Å². The second-order valence-electron chi connectivity index (χ2n) is 4.08. The van der Waals surface area contributed by atoms with E-state index in [1.54, 1.807) is 6.07 Å². The minimum absolute atomic E-state index is 0.276. The van der Waals surface area contributed by atoms with Gasteiger partial charge in [-0.3, -0.25) is 0 Å². The lowest BCUT2D eigenvalue weighted by Gasteiger charge is -2.09. The Morgan fingerprint density at radius 1 is 0.952 bits per heavy atom. The highest BCUT2D eigenvalue weighted by atomic mass is 79.9. The number of nitrogens with zero attached hydrogens (tertiary/aromatic N) is 2. The summed E-state index contributed by atoms with van der Waals surface area (Å²) in [4.78, 5) is 9.57. The van der Waals surface area contributed by atoms with Crippen LogP contribution in [0.1, 0.15) is 0 Å². The molecule has 0 bridgehead atoms. The van der Waals surface area contributed by atoms with Crippen molar-refractivity contribution >= 4 is 62.1 Å². The van der Waals surface area contributed by atoms with Crippen molar-refractivity contribution < 1.29 is 0 Å². The Morgan fingerprint density at radius 3 is 2.19 bits per heavy atom. The predicted molar refractivity (Wildman–Crippen MR) is 93.5 cm³/mol. The van der Waals surface area contributed by atoms with E-state index in [0.29, 0.717) is 22.0 Å². The van der Waals surface area contributed by atoms with Gasteiger partial charge in [-0.05, 0) is 33.4 Å². The summed E-state index contributed by atoms with van der Waals surface area (Å²) >= 11 is 23.8. The molecule has 21 heavy (non-hydrogen) atoms. The Kier molecular flexibility index (Phi) is 4.52. The van der Waals surface area contributed by atoms with E-state index >= 15 is 0 Å². The molecule has 7 heteroatoms. The molecular weight excluding hydrogens is 414 g/mol. The standard InChI is InChI=1S/C14H6BrCl3N2S/c15-8-5-6-21-11(8)14-19-12(17)10(13(18)20-14)7-3-1-2-4-9(7)16/h1-6H. The van der Waals surface area contributed by atoms with E-state index in [9.17, 15) is 0 Å². The zero-order chi connectivity index (χ0) is 15.0. The fourth-order valence-electron chi connectivity index (χ4n) is 1.85. The SMILES string of the molecule is Clc1ccccc1-c1c(Cl)nc(-c2sccc2Br)nc1Cl. The molecule has 0 aliphatic carbocycles. The first-order chi connectivity index (χ1) is 10.1. The Bertz CT molecular complexity index is 796. The van der Waals surface area contributed by atoms with Gasteiger partial charge in [0, 0.05) is 15.1 Å². The smallest absolute Gasteiger partial charge is 0.173 e. The van der Waals surface area contributed by atoms with Crippen LogP contribution < -0.4 is 0 Å². The van der Waals surface area contributed by atoms with Gasteiger partial charge in [0.25, 0.3) is 0 Å². The summed E-state index contributed by atoms with van der Waals surface area (Å²) in [6.07, 6.45) is 0. The predicted octanol–water partition coefficient (Wildman–Crippen LogP) is 6.59. The van der Waals surface area contributed by atoms with Crippen molar-refractivity contribution in [2.24, 2.45) is 0 Å². The van der Waals surface area contributed by atoms with Crippen LogP contribution in [0.3, 0.4) is 0 Å². The minimum Gasteiger partial charge on any atom is -0.215 e. The van der Waals surface area contributed by atoms with Gasteiger partial charge in [0.2, 0.25) is 0 Å². The van der Waals surface area contributed by atoms with Gasteiger partial charge in [-0.25, -0.2) is 9.97 Å². The quantitative estimate of drug-likeness (QED) is 0.437. The molecule has 0 amide bonds. The van der Waals surface area contributed by atoms with Crippen LogP contribution in [0.25, 0.3) is 21.8 Å². The van der Waals surface area contributed by atoms with Gasteiger partial charge < -0.3 is 0 Å². The lowest BCUT2D eigenvalue weighted by atomic mass is 10.1. The molecule has 0 fully saturated rings. The van der Waals surface area contributed by atoms with E-state index in [0.717, 1.165) is 9.35 Å². The highest BCUT2D eigenvalue weighted by Crippen LogP contribution is 2.39.